The molecule has 0 aliphatic heterocycles. The Labute approximate surface area is 100 Å². The molecule has 0 radical (unpaired) electrons. The second-order valence-electron chi connectivity index (χ2n) is 3.90. The SMILES string of the molecule is CNC(=O)CCCCn1cc(CCCF)nn1. The van der Waals surface area contributed by atoms with Crippen molar-refractivity contribution in [3.05, 3.63) is 11.9 Å². The number of halogens is 1. The van der Waals surface area contributed by atoms with Gasteiger partial charge in [-0.15, -0.1) is 5.10 Å². The predicted octanol–water partition coefficient (Wildman–Crippen LogP) is 1.10. The van der Waals surface area contributed by atoms with Gasteiger partial charge in [-0.25, -0.2) is 0 Å². The molecule has 0 aliphatic rings. The molecule has 5 nitrogen and oxygen atoms in total. The van der Waals surface area contributed by atoms with E-state index in [1.54, 1.807) is 11.7 Å². The zero-order valence-corrected chi connectivity index (χ0v) is 10.2. The molecule has 0 spiro atoms. The highest BCUT2D eigenvalue weighted by molar-refractivity contribution is 5.75. The molecule has 1 aromatic heterocycles. The van der Waals surface area contributed by atoms with Crippen LogP contribution >= 0.6 is 0 Å². The first kappa shape index (κ1) is 13.6. The molecule has 0 saturated carbocycles. The first-order chi connectivity index (χ1) is 8.26. The first-order valence-corrected chi connectivity index (χ1v) is 5.92. The van der Waals surface area contributed by atoms with Crippen LogP contribution in [0.4, 0.5) is 4.39 Å². The van der Waals surface area contributed by atoms with Gasteiger partial charge in [-0.3, -0.25) is 13.9 Å². The molecule has 96 valence electrons. The van der Waals surface area contributed by atoms with Gasteiger partial charge in [0, 0.05) is 26.2 Å². The number of carbonyl (C=O) groups is 1. The number of nitrogens with one attached hydrogen (secondary N) is 1. The van der Waals surface area contributed by atoms with Crippen molar-refractivity contribution in [1.82, 2.24) is 20.3 Å². The lowest BCUT2D eigenvalue weighted by molar-refractivity contribution is -0.120. The van der Waals surface area contributed by atoms with E-state index in [0.29, 0.717) is 19.3 Å². The summed E-state index contributed by atoms with van der Waals surface area (Å²) in [4.78, 5) is 11.0. The van der Waals surface area contributed by atoms with Crippen molar-refractivity contribution in [2.24, 2.45) is 0 Å². The van der Waals surface area contributed by atoms with Gasteiger partial charge in [0.1, 0.15) is 0 Å². The van der Waals surface area contributed by atoms with Gasteiger partial charge in [-0.1, -0.05) is 5.21 Å². The van der Waals surface area contributed by atoms with E-state index < -0.39 is 0 Å². The number of hydrogen-bond donors (Lipinski definition) is 1. The number of unbranched alkanes of at least 4 members (excludes halogenated alkanes) is 1. The van der Waals surface area contributed by atoms with E-state index in [0.717, 1.165) is 25.1 Å². The zero-order chi connectivity index (χ0) is 12.5. The number of rotatable bonds is 8. The number of hydrogen-bond acceptors (Lipinski definition) is 3. The Balaban J connectivity index is 2.18. The Kier molecular flexibility index (Phi) is 6.21. The van der Waals surface area contributed by atoms with Crippen LogP contribution in [0.15, 0.2) is 6.20 Å². The molecule has 1 heterocycles. The van der Waals surface area contributed by atoms with E-state index in [2.05, 4.69) is 15.6 Å². The molecular weight excluding hydrogens is 223 g/mol. The molecule has 0 fully saturated rings. The minimum atomic E-state index is -0.320. The van der Waals surface area contributed by atoms with Crippen molar-refractivity contribution in [3.63, 3.8) is 0 Å². The summed E-state index contributed by atoms with van der Waals surface area (Å²) < 4.78 is 13.7. The highest BCUT2D eigenvalue weighted by Crippen LogP contribution is 2.02. The van der Waals surface area contributed by atoms with Crippen LogP contribution in [-0.2, 0) is 17.8 Å². The van der Waals surface area contributed by atoms with Gasteiger partial charge in [-0.05, 0) is 25.7 Å². The van der Waals surface area contributed by atoms with Gasteiger partial charge in [0.2, 0.25) is 5.91 Å². The lowest BCUT2D eigenvalue weighted by atomic mass is 10.2. The first-order valence-electron chi connectivity index (χ1n) is 5.92. The summed E-state index contributed by atoms with van der Waals surface area (Å²) in [6.07, 6.45) is 5.23. The van der Waals surface area contributed by atoms with E-state index in [4.69, 9.17) is 0 Å². The number of carbonyl (C=O) groups excluding carboxylic acids is 1. The fourth-order valence-electron chi connectivity index (χ4n) is 1.49. The topological polar surface area (TPSA) is 59.8 Å². The van der Waals surface area contributed by atoms with Gasteiger partial charge in [-0.2, -0.15) is 0 Å². The fraction of sp³-hybridized carbons (Fsp3) is 0.727. The van der Waals surface area contributed by atoms with Gasteiger partial charge in [0.25, 0.3) is 0 Å². The van der Waals surface area contributed by atoms with Crippen molar-refractivity contribution in [3.8, 4) is 0 Å². The maximum Gasteiger partial charge on any atom is 0.219 e. The Bertz CT molecular complexity index is 340. The minimum absolute atomic E-state index is 0.0622. The molecule has 0 aromatic carbocycles. The third-order valence-electron chi connectivity index (χ3n) is 2.47. The van der Waals surface area contributed by atoms with Crippen molar-refractivity contribution < 1.29 is 9.18 Å². The summed E-state index contributed by atoms with van der Waals surface area (Å²) in [5.41, 5.74) is 0.828. The van der Waals surface area contributed by atoms with E-state index in [-0.39, 0.29) is 12.6 Å². The third-order valence-corrected chi connectivity index (χ3v) is 2.47. The second-order valence-corrected chi connectivity index (χ2v) is 3.90. The Morgan fingerprint density at radius 2 is 2.29 bits per heavy atom. The number of aryl methyl sites for hydroxylation is 2. The van der Waals surface area contributed by atoms with Gasteiger partial charge >= 0.3 is 0 Å². The number of nitrogens with zero attached hydrogens (tertiary/aromatic N) is 3. The molecule has 0 unspecified atom stereocenters. The summed E-state index contributed by atoms with van der Waals surface area (Å²) >= 11 is 0. The van der Waals surface area contributed by atoms with Crippen LogP contribution in [0.25, 0.3) is 0 Å². The quantitative estimate of drug-likeness (QED) is 0.694. The van der Waals surface area contributed by atoms with E-state index >= 15 is 0 Å². The van der Waals surface area contributed by atoms with Gasteiger partial charge in [0.15, 0.2) is 0 Å². The summed E-state index contributed by atoms with van der Waals surface area (Å²) in [6.45, 7) is 0.429. The molecule has 17 heavy (non-hydrogen) atoms. The highest BCUT2D eigenvalue weighted by atomic mass is 19.1. The molecular formula is C11H19FN4O. The molecule has 0 aliphatic carbocycles. The van der Waals surface area contributed by atoms with Crippen LogP contribution < -0.4 is 5.32 Å². The van der Waals surface area contributed by atoms with Crippen LogP contribution in [0.3, 0.4) is 0 Å². The number of amides is 1. The predicted molar refractivity (Wildman–Crippen MR) is 62.2 cm³/mol. The molecule has 1 N–H and O–H groups in total. The summed E-state index contributed by atoms with van der Waals surface area (Å²) in [5.74, 6) is 0.0622. The largest absolute Gasteiger partial charge is 0.359 e. The number of aromatic nitrogens is 3. The van der Waals surface area contributed by atoms with E-state index in [9.17, 15) is 9.18 Å². The smallest absolute Gasteiger partial charge is 0.219 e. The maximum absolute atomic E-state index is 12.0. The molecule has 1 amide bonds. The average molecular weight is 242 g/mol. The monoisotopic (exact) mass is 242 g/mol. The zero-order valence-electron chi connectivity index (χ0n) is 10.2. The second kappa shape index (κ2) is 7.76. The minimum Gasteiger partial charge on any atom is -0.359 e. The average Bonchev–Trinajstić information content (AvgIpc) is 2.79. The third kappa shape index (κ3) is 5.42. The van der Waals surface area contributed by atoms with Crippen LogP contribution in [-0.4, -0.2) is 34.6 Å². The summed E-state index contributed by atoms with van der Waals surface area (Å²) in [5, 5.41) is 10.5. The van der Waals surface area contributed by atoms with Crippen LogP contribution in [0.5, 0.6) is 0 Å². The molecule has 6 heteroatoms. The standard InChI is InChI=1S/C11H19FN4O/c1-13-11(17)6-2-3-8-16-9-10(14-15-16)5-4-7-12/h9H,2-8H2,1H3,(H,13,17). The molecule has 1 aromatic rings. The molecule has 0 bridgehead atoms. The lowest BCUT2D eigenvalue weighted by Gasteiger charge is -2.00. The molecule has 1 rings (SSSR count). The van der Waals surface area contributed by atoms with Crippen molar-refractivity contribution in [1.29, 1.82) is 0 Å². The van der Waals surface area contributed by atoms with Crippen molar-refractivity contribution in [2.45, 2.75) is 38.6 Å². The van der Waals surface area contributed by atoms with Crippen molar-refractivity contribution >= 4 is 5.91 Å². The normalized spacial score (nSPS) is 10.5. The van der Waals surface area contributed by atoms with Crippen LogP contribution in [0.1, 0.15) is 31.4 Å². The number of alkyl halides is 1. The Morgan fingerprint density at radius 3 is 3.00 bits per heavy atom. The van der Waals surface area contributed by atoms with Crippen LogP contribution in [0.2, 0.25) is 0 Å². The van der Waals surface area contributed by atoms with Crippen LogP contribution in [0, 0.1) is 0 Å². The van der Waals surface area contributed by atoms with Gasteiger partial charge < -0.3 is 5.32 Å². The Hall–Kier alpha value is -1.46. The van der Waals surface area contributed by atoms with E-state index in [1.807, 2.05) is 6.20 Å². The molecule has 0 atom stereocenters. The van der Waals surface area contributed by atoms with E-state index in [1.165, 1.54) is 0 Å². The molecule has 0 saturated heterocycles. The fourth-order valence-corrected chi connectivity index (χ4v) is 1.49. The Morgan fingerprint density at radius 1 is 1.47 bits per heavy atom. The summed E-state index contributed by atoms with van der Waals surface area (Å²) in [6, 6.07) is 0. The van der Waals surface area contributed by atoms with Gasteiger partial charge in [0.05, 0.1) is 12.4 Å². The lowest BCUT2D eigenvalue weighted by Crippen LogP contribution is -2.17. The summed E-state index contributed by atoms with van der Waals surface area (Å²) in [7, 11) is 1.64. The highest BCUT2D eigenvalue weighted by Gasteiger charge is 2.01. The van der Waals surface area contributed by atoms with Crippen molar-refractivity contribution in [2.75, 3.05) is 13.7 Å². The maximum atomic E-state index is 12.0.